The lowest BCUT2D eigenvalue weighted by atomic mass is 10.2. The number of hydrogen-bond donors (Lipinski definition) is 0. The molecule has 4 nitrogen and oxygen atoms in total. The quantitative estimate of drug-likeness (QED) is 0.746. The van der Waals surface area contributed by atoms with Crippen molar-refractivity contribution in [3.8, 4) is 0 Å². The highest BCUT2D eigenvalue weighted by atomic mass is 32.2. The summed E-state index contributed by atoms with van der Waals surface area (Å²) in [5.74, 6) is 0.332. The van der Waals surface area contributed by atoms with Crippen LogP contribution in [0.15, 0.2) is 0 Å². The van der Waals surface area contributed by atoms with Crippen LogP contribution in [0.3, 0.4) is 0 Å². The molecule has 1 heterocycles. The molecule has 2 fully saturated rings. The lowest BCUT2D eigenvalue weighted by Crippen LogP contribution is -2.47. The first-order valence-corrected chi connectivity index (χ1v) is 9.67. The number of carbonyl (C=O) groups is 1. The zero-order valence-electron chi connectivity index (χ0n) is 13.9. The third-order valence-electron chi connectivity index (χ3n) is 5.17. The van der Waals surface area contributed by atoms with E-state index in [0.717, 1.165) is 39.3 Å². The number of nitrogens with zero attached hydrogens (tertiary/aromatic N) is 3. The summed E-state index contributed by atoms with van der Waals surface area (Å²) in [5.41, 5.74) is 0. The van der Waals surface area contributed by atoms with Gasteiger partial charge >= 0.3 is 0 Å². The first kappa shape index (κ1) is 17.1. The number of carbonyl (C=O) groups excluding carboxylic acids is 1. The highest BCUT2D eigenvalue weighted by Crippen LogP contribution is 2.31. The third kappa shape index (κ3) is 4.60. The van der Waals surface area contributed by atoms with Gasteiger partial charge in [0.1, 0.15) is 0 Å². The highest BCUT2D eigenvalue weighted by Gasteiger charge is 2.32. The summed E-state index contributed by atoms with van der Waals surface area (Å²) < 4.78 is 0. The summed E-state index contributed by atoms with van der Waals surface area (Å²) in [5, 5.41) is 0.645. The van der Waals surface area contributed by atoms with Crippen molar-refractivity contribution in [3.05, 3.63) is 0 Å². The van der Waals surface area contributed by atoms with Crippen LogP contribution in [0.4, 0.5) is 0 Å². The van der Waals surface area contributed by atoms with E-state index in [4.69, 9.17) is 0 Å². The summed E-state index contributed by atoms with van der Waals surface area (Å²) in [4.78, 5) is 19.4. The van der Waals surface area contributed by atoms with Crippen molar-refractivity contribution in [1.29, 1.82) is 0 Å². The van der Waals surface area contributed by atoms with Crippen LogP contribution in [0.1, 0.15) is 32.6 Å². The van der Waals surface area contributed by atoms with E-state index in [9.17, 15) is 4.79 Å². The van der Waals surface area contributed by atoms with Gasteiger partial charge in [0.2, 0.25) is 5.91 Å². The number of piperazine rings is 1. The molecule has 2 rings (SSSR count). The van der Waals surface area contributed by atoms with Crippen molar-refractivity contribution in [2.24, 2.45) is 0 Å². The Hall–Kier alpha value is -0.260. The Balaban J connectivity index is 1.72. The van der Waals surface area contributed by atoms with Crippen LogP contribution in [-0.2, 0) is 4.79 Å². The molecule has 1 saturated carbocycles. The molecule has 0 aromatic rings. The number of thioether (sulfide) groups is 1. The summed E-state index contributed by atoms with van der Waals surface area (Å²) in [6, 6.07) is 0.462. The van der Waals surface area contributed by atoms with Crippen LogP contribution < -0.4 is 0 Å². The second-order valence-corrected chi connectivity index (χ2v) is 7.38. The molecular formula is C16H31N3OS. The molecule has 0 bridgehead atoms. The van der Waals surface area contributed by atoms with Gasteiger partial charge in [-0.3, -0.25) is 4.79 Å². The lowest BCUT2D eigenvalue weighted by molar-refractivity contribution is -0.132. The maximum Gasteiger partial charge on any atom is 0.223 e. The second-order valence-electron chi connectivity index (χ2n) is 6.30. The topological polar surface area (TPSA) is 26.8 Å². The minimum atomic E-state index is 0.332. The maximum absolute atomic E-state index is 12.4. The van der Waals surface area contributed by atoms with Gasteiger partial charge in [-0.15, -0.1) is 0 Å². The molecule has 0 aromatic heterocycles. The Labute approximate surface area is 134 Å². The van der Waals surface area contributed by atoms with Gasteiger partial charge in [0.05, 0.1) is 0 Å². The standard InChI is InChI=1S/C16H31N3OS/c1-4-18-10-12-19(13-11-18)9-8-16(20)17(2)14-6-5-7-15(14)21-3/h14-15H,4-13H2,1-3H3/t14-,15+/m0/s1. The Bertz CT molecular complexity index is 331. The number of rotatable bonds is 6. The molecule has 0 radical (unpaired) electrons. The molecule has 21 heavy (non-hydrogen) atoms. The Morgan fingerprint density at radius 2 is 1.86 bits per heavy atom. The fourth-order valence-corrected chi connectivity index (χ4v) is 4.60. The van der Waals surface area contributed by atoms with Gasteiger partial charge in [-0.2, -0.15) is 11.8 Å². The van der Waals surface area contributed by atoms with Crippen molar-refractivity contribution in [1.82, 2.24) is 14.7 Å². The first-order valence-electron chi connectivity index (χ1n) is 8.38. The van der Waals surface area contributed by atoms with Crippen molar-refractivity contribution in [2.75, 3.05) is 52.6 Å². The molecule has 1 aliphatic carbocycles. The number of hydrogen-bond acceptors (Lipinski definition) is 4. The zero-order chi connectivity index (χ0) is 15.2. The van der Waals surface area contributed by atoms with E-state index in [2.05, 4.69) is 23.0 Å². The Morgan fingerprint density at radius 3 is 2.48 bits per heavy atom. The first-order chi connectivity index (χ1) is 10.2. The predicted octanol–water partition coefficient (Wildman–Crippen LogP) is 1.76. The fourth-order valence-electron chi connectivity index (χ4n) is 3.57. The van der Waals surface area contributed by atoms with Crippen molar-refractivity contribution in [2.45, 2.75) is 43.9 Å². The normalized spacial score (nSPS) is 28.0. The van der Waals surface area contributed by atoms with E-state index in [1.54, 1.807) is 0 Å². The molecule has 122 valence electrons. The summed E-state index contributed by atoms with van der Waals surface area (Å²) in [7, 11) is 2.01. The van der Waals surface area contributed by atoms with Crippen LogP contribution in [-0.4, -0.2) is 84.5 Å². The molecule has 0 N–H and O–H groups in total. The second kappa shape index (κ2) is 8.39. The molecule has 2 atom stereocenters. The van der Waals surface area contributed by atoms with Crippen LogP contribution >= 0.6 is 11.8 Å². The number of likely N-dealkylation sites (N-methyl/N-ethyl adjacent to an activating group) is 1. The largest absolute Gasteiger partial charge is 0.342 e. The molecule has 1 aliphatic heterocycles. The molecule has 1 saturated heterocycles. The minimum absolute atomic E-state index is 0.332. The predicted molar refractivity (Wildman–Crippen MR) is 90.9 cm³/mol. The molecule has 0 aromatic carbocycles. The van der Waals surface area contributed by atoms with Gasteiger partial charge in [0, 0.05) is 57.5 Å². The van der Waals surface area contributed by atoms with E-state index in [1.807, 2.05) is 23.7 Å². The van der Waals surface area contributed by atoms with E-state index in [-0.39, 0.29) is 0 Å². The van der Waals surface area contributed by atoms with Gasteiger partial charge in [0.25, 0.3) is 0 Å². The zero-order valence-corrected chi connectivity index (χ0v) is 14.7. The van der Waals surface area contributed by atoms with Crippen LogP contribution in [0.25, 0.3) is 0 Å². The average Bonchev–Trinajstić information content (AvgIpc) is 3.00. The Kier molecular flexibility index (Phi) is 6.83. The summed E-state index contributed by atoms with van der Waals surface area (Å²) in [6.45, 7) is 8.82. The van der Waals surface area contributed by atoms with Gasteiger partial charge in [-0.05, 0) is 25.6 Å². The van der Waals surface area contributed by atoms with E-state index < -0.39 is 0 Å². The van der Waals surface area contributed by atoms with Crippen molar-refractivity contribution >= 4 is 17.7 Å². The monoisotopic (exact) mass is 313 g/mol. The van der Waals surface area contributed by atoms with Crippen molar-refractivity contribution < 1.29 is 4.79 Å². The van der Waals surface area contributed by atoms with E-state index in [1.165, 1.54) is 19.3 Å². The number of amides is 1. The fraction of sp³-hybridized carbons (Fsp3) is 0.938. The molecule has 1 amide bonds. The van der Waals surface area contributed by atoms with Crippen LogP contribution in [0, 0.1) is 0 Å². The summed E-state index contributed by atoms with van der Waals surface area (Å²) in [6.07, 6.45) is 6.58. The SMILES string of the molecule is CCN1CCN(CCC(=O)N(C)[C@H]2CCC[C@H]2SC)CC1. The average molecular weight is 314 g/mol. The van der Waals surface area contributed by atoms with Gasteiger partial charge in [-0.25, -0.2) is 0 Å². The van der Waals surface area contributed by atoms with Gasteiger partial charge in [-0.1, -0.05) is 13.3 Å². The van der Waals surface area contributed by atoms with E-state index >= 15 is 0 Å². The summed E-state index contributed by atoms with van der Waals surface area (Å²) >= 11 is 1.93. The van der Waals surface area contributed by atoms with Crippen LogP contribution in [0.2, 0.25) is 0 Å². The third-order valence-corrected chi connectivity index (χ3v) is 6.32. The van der Waals surface area contributed by atoms with Gasteiger partial charge in [0.15, 0.2) is 0 Å². The minimum Gasteiger partial charge on any atom is -0.342 e. The van der Waals surface area contributed by atoms with Crippen LogP contribution in [0.5, 0.6) is 0 Å². The molecular weight excluding hydrogens is 282 g/mol. The van der Waals surface area contributed by atoms with Crippen molar-refractivity contribution in [3.63, 3.8) is 0 Å². The molecule has 0 spiro atoms. The molecule has 0 unspecified atom stereocenters. The smallest absolute Gasteiger partial charge is 0.223 e. The molecule has 5 heteroatoms. The lowest BCUT2D eigenvalue weighted by Gasteiger charge is -2.34. The maximum atomic E-state index is 12.4. The molecule has 2 aliphatic rings. The highest BCUT2D eigenvalue weighted by molar-refractivity contribution is 7.99. The van der Waals surface area contributed by atoms with E-state index in [0.29, 0.717) is 23.6 Å². The van der Waals surface area contributed by atoms with Gasteiger partial charge < -0.3 is 14.7 Å². The Morgan fingerprint density at radius 1 is 1.19 bits per heavy atom.